The quantitative estimate of drug-likeness (QED) is 0.715. The molecular formula is C21H26N4O4. The van der Waals surface area contributed by atoms with Gasteiger partial charge < -0.3 is 24.6 Å². The van der Waals surface area contributed by atoms with Gasteiger partial charge >= 0.3 is 5.97 Å². The van der Waals surface area contributed by atoms with Crippen LogP contribution in [0.3, 0.4) is 0 Å². The minimum Gasteiger partial charge on any atom is -0.481 e. The number of piperazine rings is 1. The van der Waals surface area contributed by atoms with Gasteiger partial charge in [0.2, 0.25) is 5.88 Å². The molecule has 0 spiro atoms. The van der Waals surface area contributed by atoms with Crippen LogP contribution >= 0.6 is 0 Å². The summed E-state index contributed by atoms with van der Waals surface area (Å²) in [7, 11) is 1.49. The molecule has 0 saturated carbocycles. The van der Waals surface area contributed by atoms with Crippen LogP contribution in [0.15, 0.2) is 42.6 Å². The number of carbonyl (C=O) groups is 2. The monoisotopic (exact) mass is 398 g/mol. The number of carbonyl (C=O) groups excluding carboxylic acids is 2. The van der Waals surface area contributed by atoms with Crippen LogP contribution in [0.25, 0.3) is 0 Å². The topological polar surface area (TPSA) is 84.0 Å². The number of ether oxygens (including phenoxy) is 2. The van der Waals surface area contributed by atoms with Crippen LogP contribution in [0.5, 0.6) is 5.88 Å². The third kappa shape index (κ3) is 5.68. The highest BCUT2D eigenvalue weighted by Gasteiger charge is 2.16. The lowest BCUT2D eigenvalue weighted by molar-refractivity contribution is -0.119. The molecular weight excluding hydrogens is 372 g/mol. The number of nitrogens with zero attached hydrogens (tertiary/aromatic N) is 3. The second kappa shape index (κ2) is 9.88. The molecule has 0 radical (unpaired) electrons. The molecule has 1 N–H and O–H groups in total. The van der Waals surface area contributed by atoms with Crippen LogP contribution < -0.4 is 15.0 Å². The number of esters is 1. The first-order valence-electron chi connectivity index (χ1n) is 9.63. The van der Waals surface area contributed by atoms with E-state index in [-0.39, 0.29) is 12.2 Å². The van der Waals surface area contributed by atoms with E-state index in [2.05, 4.69) is 27.0 Å². The van der Waals surface area contributed by atoms with E-state index >= 15 is 0 Å². The van der Waals surface area contributed by atoms with Crippen LogP contribution in [0, 0.1) is 0 Å². The van der Waals surface area contributed by atoms with Gasteiger partial charge in [0, 0.05) is 49.8 Å². The Morgan fingerprint density at radius 3 is 2.38 bits per heavy atom. The molecule has 0 unspecified atom stereocenters. The maximum atomic E-state index is 12.1. The first-order valence-corrected chi connectivity index (χ1v) is 9.63. The Morgan fingerprint density at radius 1 is 1.07 bits per heavy atom. The molecule has 1 aromatic heterocycles. The zero-order chi connectivity index (χ0) is 20.6. The summed E-state index contributed by atoms with van der Waals surface area (Å²) in [4.78, 5) is 32.7. The molecule has 3 rings (SSSR count). The highest BCUT2D eigenvalue weighted by atomic mass is 16.5. The molecule has 0 bridgehead atoms. The lowest BCUT2D eigenvalue weighted by atomic mass is 10.2. The molecule has 8 nitrogen and oxygen atoms in total. The minimum atomic E-state index is -0.614. The predicted molar refractivity (Wildman–Crippen MR) is 110 cm³/mol. The van der Waals surface area contributed by atoms with E-state index in [0.717, 1.165) is 38.4 Å². The van der Waals surface area contributed by atoms with Crippen molar-refractivity contribution in [1.82, 2.24) is 9.88 Å². The molecule has 1 amide bonds. The number of nitrogens with one attached hydrogen (secondary N) is 1. The largest absolute Gasteiger partial charge is 0.481 e. The summed E-state index contributed by atoms with van der Waals surface area (Å²) in [6.45, 7) is 7.00. The van der Waals surface area contributed by atoms with E-state index in [1.165, 1.54) is 19.4 Å². The van der Waals surface area contributed by atoms with E-state index in [4.69, 9.17) is 9.47 Å². The van der Waals surface area contributed by atoms with E-state index in [1.54, 1.807) is 6.07 Å². The van der Waals surface area contributed by atoms with Crippen molar-refractivity contribution in [2.75, 3.05) is 56.7 Å². The van der Waals surface area contributed by atoms with E-state index < -0.39 is 11.9 Å². The van der Waals surface area contributed by atoms with Crippen molar-refractivity contribution in [2.24, 2.45) is 0 Å². The fourth-order valence-electron chi connectivity index (χ4n) is 3.11. The molecule has 154 valence electrons. The predicted octanol–water partition coefficient (Wildman–Crippen LogP) is 2.03. The molecule has 1 saturated heterocycles. The third-order valence-corrected chi connectivity index (χ3v) is 4.85. The Kier molecular flexibility index (Phi) is 7.02. The first-order chi connectivity index (χ1) is 14.1. The van der Waals surface area contributed by atoms with E-state index in [0.29, 0.717) is 11.6 Å². The first kappa shape index (κ1) is 20.6. The van der Waals surface area contributed by atoms with Gasteiger partial charge in [0.05, 0.1) is 12.7 Å². The number of rotatable bonds is 7. The van der Waals surface area contributed by atoms with Gasteiger partial charge in [0.1, 0.15) is 0 Å². The number of hydrogen-bond acceptors (Lipinski definition) is 7. The van der Waals surface area contributed by atoms with E-state index in [9.17, 15) is 9.59 Å². The van der Waals surface area contributed by atoms with Crippen molar-refractivity contribution in [3.63, 3.8) is 0 Å². The Hall–Kier alpha value is -3.13. The molecule has 1 aromatic carbocycles. The smallest absolute Gasteiger partial charge is 0.340 e. The van der Waals surface area contributed by atoms with Crippen molar-refractivity contribution in [2.45, 2.75) is 6.92 Å². The lowest BCUT2D eigenvalue weighted by Crippen LogP contribution is -2.46. The summed E-state index contributed by atoms with van der Waals surface area (Å²) in [5.74, 6) is -0.615. The molecule has 8 heteroatoms. The van der Waals surface area contributed by atoms with Gasteiger partial charge in [-0.25, -0.2) is 9.78 Å². The summed E-state index contributed by atoms with van der Waals surface area (Å²) >= 11 is 0. The second-order valence-electron chi connectivity index (χ2n) is 6.68. The molecule has 29 heavy (non-hydrogen) atoms. The molecule has 2 heterocycles. The summed E-state index contributed by atoms with van der Waals surface area (Å²) in [5, 5.41) is 2.73. The number of likely N-dealkylation sites (N-methyl/N-ethyl adjacent to an activating group) is 1. The zero-order valence-corrected chi connectivity index (χ0v) is 16.8. The zero-order valence-electron chi connectivity index (χ0n) is 16.8. The number of hydrogen-bond donors (Lipinski definition) is 1. The molecule has 1 fully saturated rings. The van der Waals surface area contributed by atoms with Crippen molar-refractivity contribution in [3.8, 4) is 5.88 Å². The average Bonchev–Trinajstić information content (AvgIpc) is 2.78. The fourth-order valence-corrected chi connectivity index (χ4v) is 3.11. The molecule has 1 aliphatic heterocycles. The second-order valence-corrected chi connectivity index (χ2v) is 6.68. The van der Waals surface area contributed by atoms with Gasteiger partial charge in [0.25, 0.3) is 5.91 Å². The Labute approximate surface area is 170 Å². The van der Waals surface area contributed by atoms with Gasteiger partial charge in [0.15, 0.2) is 6.61 Å². The number of methoxy groups -OCH3 is 1. The lowest BCUT2D eigenvalue weighted by Gasteiger charge is -2.35. The number of aromatic nitrogens is 1. The Balaban J connectivity index is 1.46. The summed E-state index contributed by atoms with van der Waals surface area (Å²) in [5.41, 5.74) is 2.05. The standard InChI is InChI=1S/C21H26N4O4/c1-3-24-10-12-25(13-11-24)18-7-5-17(6-8-18)23-19(26)15-29-21(27)16-4-9-20(28-2)22-14-16/h4-9,14H,3,10-13,15H2,1-2H3,(H,23,26). The third-order valence-electron chi connectivity index (χ3n) is 4.85. The molecule has 0 atom stereocenters. The van der Waals surface area contributed by atoms with Crippen molar-refractivity contribution >= 4 is 23.3 Å². The summed E-state index contributed by atoms with van der Waals surface area (Å²) in [6, 6.07) is 10.8. The molecule has 0 aliphatic carbocycles. The van der Waals surface area contributed by atoms with Gasteiger partial charge in [-0.1, -0.05) is 6.92 Å². The number of pyridine rings is 1. The summed E-state index contributed by atoms with van der Waals surface area (Å²) < 4.78 is 9.97. The van der Waals surface area contributed by atoms with E-state index in [1.807, 2.05) is 24.3 Å². The van der Waals surface area contributed by atoms with Crippen molar-refractivity contribution < 1.29 is 19.1 Å². The average molecular weight is 398 g/mol. The number of amides is 1. The highest BCUT2D eigenvalue weighted by Crippen LogP contribution is 2.19. The number of benzene rings is 1. The van der Waals surface area contributed by atoms with Crippen LogP contribution in [0.1, 0.15) is 17.3 Å². The van der Waals surface area contributed by atoms with Gasteiger partial charge in [-0.15, -0.1) is 0 Å². The SMILES string of the molecule is CCN1CCN(c2ccc(NC(=O)COC(=O)c3ccc(OC)nc3)cc2)CC1. The number of anilines is 2. The Morgan fingerprint density at radius 2 is 1.79 bits per heavy atom. The Bertz CT molecular complexity index is 816. The van der Waals surface area contributed by atoms with Crippen LogP contribution in [0.4, 0.5) is 11.4 Å². The maximum absolute atomic E-state index is 12.1. The van der Waals surface area contributed by atoms with Gasteiger partial charge in [-0.05, 0) is 36.9 Å². The van der Waals surface area contributed by atoms with Crippen LogP contribution in [0.2, 0.25) is 0 Å². The summed E-state index contributed by atoms with van der Waals surface area (Å²) in [6.07, 6.45) is 1.35. The highest BCUT2D eigenvalue weighted by molar-refractivity contribution is 5.95. The normalized spacial score (nSPS) is 14.3. The van der Waals surface area contributed by atoms with Gasteiger partial charge in [-0.2, -0.15) is 0 Å². The van der Waals surface area contributed by atoms with Gasteiger partial charge in [-0.3, -0.25) is 4.79 Å². The molecule has 2 aromatic rings. The van der Waals surface area contributed by atoms with Crippen LogP contribution in [-0.4, -0.2) is 68.2 Å². The van der Waals surface area contributed by atoms with Crippen molar-refractivity contribution in [3.05, 3.63) is 48.2 Å². The van der Waals surface area contributed by atoms with Crippen LogP contribution in [-0.2, 0) is 9.53 Å². The molecule has 1 aliphatic rings. The fraction of sp³-hybridized carbons (Fsp3) is 0.381. The minimum absolute atomic E-state index is 0.256. The van der Waals surface area contributed by atoms with Crippen molar-refractivity contribution in [1.29, 1.82) is 0 Å². The maximum Gasteiger partial charge on any atom is 0.340 e.